The van der Waals surface area contributed by atoms with Gasteiger partial charge in [0.1, 0.15) is 17.7 Å². The number of likely N-dealkylation sites (tertiary alicyclic amines) is 1. The summed E-state index contributed by atoms with van der Waals surface area (Å²) in [6.45, 7) is 11.4. The van der Waals surface area contributed by atoms with Gasteiger partial charge in [0, 0.05) is 6.54 Å². The van der Waals surface area contributed by atoms with Crippen molar-refractivity contribution in [2.45, 2.75) is 83.9 Å². The number of rotatable bonds is 9. The van der Waals surface area contributed by atoms with Gasteiger partial charge in [-0.15, -0.1) is 6.58 Å². The van der Waals surface area contributed by atoms with Gasteiger partial charge in [-0.25, -0.2) is 4.79 Å². The van der Waals surface area contributed by atoms with E-state index >= 15 is 0 Å². The zero-order valence-corrected chi connectivity index (χ0v) is 17.1. The Bertz CT molecular complexity index is 542. The lowest BCUT2D eigenvalue weighted by atomic mass is 10.0. The zero-order valence-electron chi connectivity index (χ0n) is 17.1. The Hall–Kier alpha value is -2.05. The lowest BCUT2D eigenvalue weighted by Crippen LogP contribution is -2.54. The highest BCUT2D eigenvalue weighted by atomic mass is 16.6. The van der Waals surface area contributed by atoms with Gasteiger partial charge in [-0.3, -0.25) is 9.59 Å². The fourth-order valence-electron chi connectivity index (χ4n) is 3.35. The molecule has 1 aliphatic heterocycles. The molecule has 0 aromatic rings. The molecule has 27 heavy (non-hydrogen) atoms. The molecule has 1 fully saturated rings. The molecule has 1 heterocycles. The highest BCUT2D eigenvalue weighted by molar-refractivity contribution is 5.91. The number of alkyl carbamates (subject to hydrolysis) is 1. The van der Waals surface area contributed by atoms with E-state index < -0.39 is 29.7 Å². The third kappa shape index (κ3) is 7.61. The molecule has 0 aliphatic carbocycles. The van der Waals surface area contributed by atoms with E-state index in [-0.39, 0.29) is 11.8 Å². The molecule has 3 amide bonds. The fraction of sp³-hybridized carbons (Fsp3) is 0.750. The third-order valence-corrected chi connectivity index (χ3v) is 4.66. The molecule has 0 bridgehead atoms. The predicted octanol–water partition coefficient (Wildman–Crippen LogP) is 2.74. The topological polar surface area (TPSA) is 102 Å². The van der Waals surface area contributed by atoms with Gasteiger partial charge in [0.2, 0.25) is 11.8 Å². The molecule has 0 unspecified atom stereocenters. The van der Waals surface area contributed by atoms with E-state index in [4.69, 9.17) is 10.5 Å². The Morgan fingerprint density at radius 3 is 2.52 bits per heavy atom. The number of hydrogen-bond donors (Lipinski definition) is 2. The number of unbranched alkanes of at least 4 members (excludes halogenated alkanes) is 3. The number of nitrogens with two attached hydrogens (primary N) is 1. The number of hydrogen-bond acceptors (Lipinski definition) is 4. The van der Waals surface area contributed by atoms with Crippen molar-refractivity contribution in [1.29, 1.82) is 0 Å². The van der Waals surface area contributed by atoms with Crippen LogP contribution < -0.4 is 11.1 Å². The Balaban J connectivity index is 2.81. The van der Waals surface area contributed by atoms with Gasteiger partial charge >= 0.3 is 6.09 Å². The Morgan fingerprint density at radius 1 is 1.30 bits per heavy atom. The van der Waals surface area contributed by atoms with E-state index in [1.165, 1.54) is 4.90 Å². The maximum absolute atomic E-state index is 13.1. The fourth-order valence-corrected chi connectivity index (χ4v) is 3.35. The van der Waals surface area contributed by atoms with Crippen LogP contribution in [0.3, 0.4) is 0 Å². The SMILES string of the molecule is C=CCCCCC[C@H](NC(=O)OC(C)(C)C)C(=O)N1CC[C@@H](C)[C@H]1C(N)=O. The van der Waals surface area contributed by atoms with Gasteiger partial charge in [-0.05, 0) is 52.4 Å². The summed E-state index contributed by atoms with van der Waals surface area (Å²) in [6, 6.07) is -1.35. The van der Waals surface area contributed by atoms with Crippen LogP contribution in [0.1, 0.15) is 66.2 Å². The predicted molar refractivity (Wildman–Crippen MR) is 105 cm³/mol. The summed E-state index contributed by atoms with van der Waals surface area (Å²) in [5, 5.41) is 2.69. The zero-order chi connectivity index (χ0) is 20.6. The monoisotopic (exact) mass is 381 g/mol. The van der Waals surface area contributed by atoms with E-state index in [1.807, 2.05) is 13.0 Å². The van der Waals surface area contributed by atoms with Gasteiger partial charge in [0.15, 0.2) is 0 Å². The van der Waals surface area contributed by atoms with Crippen molar-refractivity contribution in [2.24, 2.45) is 11.7 Å². The summed E-state index contributed by atoms with van der Waals surface area (Å²) in [5.41, 5.74) is 4.85. The molecular weight excluding hydrogens is 346 g/mol. The van der Waals surface area contributed by atoms with Crippen LogP contribution >= 0.6 is 0 Å². The van der Waals surface area contributed by atoms with E-state index in [0.717, 1.165) is 32.1 Å². The summed E-state index contributed by atoms with van der Waals surface area (Å²) in [6.07, 6.45) is 6.07. The second kappa shape index (κ2) is 10.3. The molecule has 3 atom stereocenters. The lowest BCUT2D eigenvalue weighted by molar-refractivity contribution is -0.139. The summed E-state index contributed by atoms with van der Waals surface area (Å²) < 4.78 is 5.30. The number of carbonyl (C=O) groups excluding carboxylic acids is 3. The van der Waals surface area contributed by atoms with Gasteiger partial charge < -0.3 is 20.7 Å². The molecule has 0 aromatic heterocycles. The number of allylic oxidation sites excluding steroid dienone is 1. The smallest absolute Gasteiger partial charge is 0.408 e. The minimum atomic E-state index is -0.726. The van der Waals surface area contributed by atoms with E-state index in [9.17, 15) is 14.4 Å². The van der Waals surface area contributed by atoms with Crippen LogP contribution in [0, 0.1) is 5.92 Å². The average molecular weight is 382 g/mol. The van der Waals surface area contributed by atoms with E-state index in [1.54, 1.807) is 20.8 Å². The van der Waals surface area contributed by atoms with Crippen molar-refractivity contribution in [1.82, 2.24) is 10.2 Å². The summed E-state index contributed by atoms with van der Waals surface area (Å²) in [7, 11) is 0. The average Bonchev–Trinajstić information content (AvgIpc) is 2.93. The van der Waals surface area contributed by atoms with Crippen molar-refractivity contribution in [3.63, 3.8) is 0 Å². The molecule has 0 radical (unpaired) electrons. The summed E-state index contributed by atoms with van der Waals surface area (Å²) >= 11 is 0. The quantitative estimate of drug-likeness (QED) is 0.473. The number of primary amides is 1. The van der Waals surface area contributed by atoms with Crippen molar-refractivity contribution in [2.75, 3.05) is 6.54 Å². The van der Waals surface area contributed by atoms with Crippen molar-refractivity contribution in [3.05, 3.63) is 12.7 Å². The number of carbonyl (C=O) groups is 3. The number of nitrogens with one attached hydrogen (secondary N) is 1. The molecule has 0 saturated carbocycles. The lowest BCUT2D eigenvalue weighted by Gasteiger charge is -2.29. The molecule has 3 N–H and O–H groups in total. The molecule has 1 rings (SSSR count). The first-order valence-corrected chi connectivity index (χ1v) is 9.77. The van der Waals surface area contributed by atoms with Crippen LogP contribution in [0.2, 0.25) is 0 Å². The van der Waals surface area contributed by atoms with Gasteiger partial charge in [0.05, 0.1) is 0 Å². The molecule has 0 aromatic carbocycles. The van der Waals surface area contributed by atoms with Crippen LogP contribution in [-0.2, 0) is 14.3 Å². The van der Waals surface area contributed by atoms with Crippen molar-refractivity contribution < 1.29 is 19.1 Å². The molecule has 0 spiro atoms. The standard InChI is InChI=1S/C20H35N3O4/c1-6-7-8-9-10-11-15(22-19(26)27-20(3,4)5)18(25)23-13-12-14(2)16(23)17(21)24/h6,14-16H,1,7-13H2,2-5H3,(H2,21,24)(H,22,26)/t14-,15+,16+/m1/s1. The Labute approximate surface area is 162 Å². The molecule has 1 saturated heterocycles. The van der Waals surface area contributed by atoms with Gasteiger partial charge in [-0.2, -0.15) is 0 Å². The second-order valence-electron chi connectivity index (χ2n) is 8.27. The van der Waals surface area contributed by atoms with Crippen LogP contribution in [0.25, 0.3) is 0 Å². The first-order chi connectivity index (χ1) is 12.6. The number of amides is 3. The van der Waals surface area contributed by atoms with Crippen LogP contribution in [0.5, 0.6) is 0 Å². The minimum Gasteiger partial charge on any atom is -0.444 e. The molecule has 154 valence electrons. The van der Waals surface area contributed by atoms with Crippen LogP contribution in [-0.4, -0.2) is 47.0 Å². The largest absolute Gasteiger partial charge is 0.444 e. The maximum atomic E-state index is 13.1. The number of nitrogens with zero attached hydrogens (tertiary/aromatic N) is 1. The molecular formula is C20H35N3O4. The first-order valence-electron chi connectivity index (χ1n) is 9.77. The highest BCUT2D eigenvalue weighted by Gasteiger charge is 2.41. The highest BCUT2D eigenvalue weighted by Crippen LogP contribution is 2.25. The maximum Gasteiger partial charge on any atom is 0.408 e. The van der Waals surface area contributed by atoms with Crippen molar-refractivity contribution in [3.8, 4) is 0 Å². The molecule has 1 aliphatic rings. The normalized spacial score (nSPS) is 20.8. The van der Waals surface area contributed by atoms with E-state index in [2.05, 4.69) is 11.9 Å². The van der Waals surface area contributed by atoms with Gasteiger partial charge in [0.25, 0.3) is 0 Å². The third-order valence-electron chi connectivity index (χ3n) is 4.66. The molecule has 7 heteroatoms. The van der Waals surface area contributed by atoms with Crippen molar-refractivity contribution >= 4 is 17.9 Å². The minimum absolute atomic E-state index is 0.0150. The van der Waals surface area contributed by atoms with Crippen LogP contribution in [0.4, 0.5) is 4.79 Å². The second-order valence-corrected chi connectivity index (χ2v) is 8.27. The Morgan fingerprint density at radius 2 is 1.96 bits per heavy atom. The van der Waals surface area contributed by atoms with Gasteiger partial charge in [-0.1, -0.05) is 25.8 Å². The first kappa shape index (κ1) is 23.0. The molecule has 7 nitrogen and oxygen atoms in total. The Kier molecular flexibility index (Phi) is 8.79. The van der Waals surface area contributed by atoms with Crippen LogP contribution in [0.15, 0.2) is 12.7 Å². The summed E-state index contributed by atoms with van der Waals surface area (Å²) in [5.74, 6) is -0.755. The summed E-state index contributed by atoms with van der Waals surface area (Å²) in [4.78, 5) is 38.6. The number of ether oxygens (including phenoxy) is 1. The van der Waals surface area contributed by atoms with E-state index in [0.29, 0.717) is 13.0 Å².